The van der Waals surface area contributed by atoms with E-state index < -0.39 is 35.1 Å². The van der Waals surface area contributed by atoms with Gasteiger partial charge < -0.3 is 10.4 Å². The van der Waals surface area contributed by atoms with Gasteiger partial charge in [0.2, 0.25) is 0 Å². The second-order valence-corrected chi connectivity index (χ2v) is 5.90. The van der Waals surface area contributed by atoms with Crippen LogP contribution in [-0.4, -0.2) is 26.9 Å². The lowest BCUT2D eigenvalue weighted by Crippen LogP contribution is -2.31. The van der Waals surface area contributed by atoms with Crippen LogP contribution in [0.4, 0.5) is 23.2 Å². The van der Waals surface area contributed by atoms with Crippen LogP contribution in [0.15, 0.2) is 42.6 Å². The summed E-state index contributed by atoms with van der Waals surface area (Å²) in [5.41, 5.74) is -1.69. The van der Waals surface area contributed by atoms with Crippen molar-refractivity contribution in [3.05, 3.63) is 59.5 Å². The molecule has 0 radical (unpaired) electrons. The van der Waals surface area contributed by atoms with E-state index in [1.165, 1.54) is 24.4 Å². The Bertz CT molecular complexity index is 1090. The van der Waals surface area contributed by atoms with E-state index in [2.05, 4.69) is 10.4 Å². The van der Waals surface area contributed by atoms with E-state index in [1.54, 1.807) is 6.07 Å². The zero-order valence-corrected chi connectivity index (χ0v) is 14.0. The molecule has 0 saturated heterocycles. The van der Waals surface area contributed by atoms with E-state index in [-0.39, 0.29) is 17.6 Å². The number of amides is 1. The van der Waals surface area contributed by atoms with Gasteiger partial charge in [0.1, 0.15) is 5.82 Å². The number of aromatic nitrogens is 2. The molecule has 0 saturated carbocycles. The number of halogens is 4. The van der Waals surface area contributed by atoms with Gasteiger partial charge in [0.25, 0.3) is 5.91 Å². The van der Waals surface area contributed by atoms with E-state index in [0.717, 1.165) is 16.8 Å². The highest BCUT2D eigenvalue weighted by Gasteiger charge is 2.34. The van der Waals surface area contributed by atoms with Crippen LogP contribution in [0.1, 0.15) is 11.1 Å². The van der Waals surface area contributed by atoms with Crippen molar-refractivity contribution in [1.82, 2.24) is 9.78 Å². The number of nitriles is 1. The highest BCUT2D eigenvalue weighted by Crippen LogP contribution is 2.33. The molecule has 1 aromatic heterocycles. The summed E-state index contributed by atoms with van der Waals surface area (Å²) in [6.07, 6.45) is -5.11. The van der Waals surface area contributed by atoms with Crippen molar-refractivity contribution in [3.63, 3.8) is 0 Å². The quantitative estimate of drug-likeness (QED) is 0.668. The standard InChI is InChI=1S/C18H12F4N4O2/c19-14-2-1-3-15-12(14)8-26(25-15)9-16(27)17(28)24-11-5-4-10(7-23)13(6-11)18(20,21)22/h1-6,8,16,27H,9H2,(H,24,28)/t16-/m0/s1. The zero-order chi connectivity index (χ0) is 20.5. The molecule has 0 spiro atoms. The Morgan fingerprint density at radius 3 is 2.71 bits per heavy atom. The lowest BCUT2D eigenvalue weighted by atomic mass is 10.1. The SMILES string of the molecule is N#Cc1ccc(NC(=O)[C@@H](O)Cn2cc3c(F)cccc3n2)cc1C(F)(F)F. The van der Waals surface area contributed by atoms with Crippen molar-refractivity contribution >= 4 is 22.5 Å². The third kappa shape index (κ3) is 3.94. The molecule has 0 unspecified atom stereocenters. The molecule has 0 bridgehead atoms. The van der Waals surface area contributed by atoms with Crippen LogP contribution < -0.4 is 5.32 Å². The Morgan fingerprint density at radius 2 is 2.07 bits per heavy atom. The number of aliphatic hydroxyl groups is 1. The van der Waals surface area contributed by atoms with Crippen molar-refractivity contribution in [3.8, 4) is 6.07 Å². The first-order valence-electron chi connectivity index (χ1n) is 7.91. The number of fused-ring (bicyclic) bond motifs is 1. The highest BCUT2D eigenvalue weighted by atomic mass is 19.4. The fourth-order valence-corrected chi connectivity index (χ4v) is 2.59. The van der Waals surface area contributed by atoms with E-state index in [0.29, 0.717) is 11.6 Å². The monoisotopic (exact) mass is 392 g/mol. The van der Waals surface area contributed by atoms with Crippen LogP contribution in [-0.2, 0) is 17.5 Å². The fraction of sp³-hybridized carbons (Fsp3) is 0.167. The number of carbonyl (C=O) groups is 1. The molecule has 3 rings (SSSR count). The summed E-state index contributed by atoms with van der Waals surface area (Å²) in [5, 5.41) is 25.2. The molecule has 144 valence electrons. The number of nitrogens with one attached hydrogen (secondary N) is 1. The molecule has 0 aliphatic rings. The first-order chi connectivity index (χ1) is 13.2. The Kier molecular flexibility index (Phi) is 5.02. The summed E-state index contributed by atoms with van der Waals surface area (Å²) < 4.78 is 53.8. The normalized spacial score (nSPS) is 12.6. The van der Waals surface area contributed by atoms with Gasteiger partial charge in [-0.2, -0.15) is 23.5 Å². The Morgan fingerprint density at radius 1 is 1.32 bits per heavy atom. The van der Waals surface area contributed by atoms with E-state index >= 15 is 0 Å². The van der Waals surface area contributed by atoms with Gasteiger partial charge in [-0.05, 0) is 30.3 Å². The van der Waals surface area contributed by atoms with Gasteiger partial charge in [-0.3, -0.25) is 9.48 Å². The number of carbonyl (C=O) groups excluding carboxylic acids is 1. The largest absolute Gasteiger partial charge is 0.417 e. The number of aliphatic hydroxyl groups excluding tert-OH is 1. The summed E-state index contributed by atoms with van der Waals surface area (Å²) in [4.78, 5) is 12.1. The smallest absolute Gasteiger partial charge is 0.381 e. The maximum Gasteiger partial charge on any atom is 0.417 e. The Labute approximate surface area is 155 Å². The van der Waals surface area contributed by atoms with Crippen LogP contribution >= 0.6 is 0 Å². The molecule has 2 aromatic carbocycles. The molecule has 10 heteroatoms. The lowest BCUT2D eigenvalue weighted by Gasteiger charge is -2.14. The third-order valence-corrected chi connectivity index (χ3v) is 3.92. The molecule has 0 fully saturated rings. The molecular weight excluding hydrogens is 380 g/mol. The summed E-state index contributed by atoms with van der Waals surface area (Å²) >= 11 is 0. The molecule has 0 aliphatic carbocycles. The van der Waals surface area contributed by atoms with Crippen LogP contribution in [0.5, 0.6) is 0 Å². The fourth-order valence-electron chi connectivity index (χ4n) is 2.59. The number of hydrogen-bond donors (Lipinski definition) is 2. The third-order valence-electron chi connectivity index (χ3n) is 3.92. The molecular formula is C18H12F4N4O2. The number of alkyl halides is 3. The summed E-state index contributed by atoms with van der Waals surface area (Å²) in [7, 11) is 0. The Hall–Kier alpha value is -3.45. The van der Waals surface area contributed by atoms with Crippen molar-refractivity contribution in [2.45, 2.75) is 18.8 Å². The number of benzene rings is 2. The lowest BCUT2D eigenvalue weighted by molar-refractivity contribution is -0.137. The second kappa shape index (κ2) is 7.28. The van der Waals surface area contributed by atoms with E-state index in [9.17, 15) is 27.5 Å². The van der Waals surface area contributed by atoms with Crippen molar-refractivity contribution in [2.24, 2.45) is 0 Å². The van der Waals surface area contributed by atoms with Crippen molar-refractivity contribution in [2.75, 3.05) is 5.32 Å². The molecule has 0 aliphatic heterocycles. The predicted octanol–water partition coefficient (Wildman–Crippen LogP) is 3.07. The molecule has 1 atom stereocenters. The average Bonchev–Trinajstić information content (AvgIpc) is 3.04. The van der Waals surface area contributed by atoms with Gasteiger partial charge >= 0.3 is 6.18 Å². The maximum atomic E-state index is 13.7. The van der Waals surface area contributed by atoms with Crippen LogP contribution in [0.3, 0.4) is 0 Å². The average molecular weight is 392 g/mol. The minimum atomic E-state index is -4.77. The molecule has 1 amide bonds. The number of rotatable bonds is 4. The molecule has 6 nitrogen and oxygen atoms in total. The molecule has 28 heavy (non-hydrogen) atoms. The summed E-state index contributed by atoms with van der Waals surface area (Å²) in [6.45, 7) is -0.331. The van der Waals surface area contributed by atoms with Gasteiger partial charge in [-0.1, -0.05) is 6.07 Å². The number of anilines is 1. The predicted molar refractivity (Wildman–Crippen MR) is 90.5 cm³/mol. The minimum Gasteiger partial charge on any atom is -0.381 e. The number of nitrogens with zero attached hydrogens (tertiary/aromatic N) is 3. The van der Waals surface area contributed by atoms with Gasteiger partial charge in [-0.15, -0.1) is 0 Å². The minimum absolute atomic E-state index is 0.206. The van der Waals surface area contributed by atoms with Gasteiger partial charge in [0.05, 0.1) is 34.6 Å². The van der Waals surface area contributed by atoms with Crippen molar-refractivity contribution in [1.29, 1.82) is 5.26 Å². The number of hydrogen-bond acceptors (Lipinski definition) is 4. The van der Waals surface area contributed by atoms with Gasteiger partial charge in [-0.25, -0.2) is 4.39 Å². The zero-order valence-electron chi connectivity index (χ0n) is 14.0. The van der Waals surface area contributed by atoms with E-state index in [4.69, 9.17) is 5.26 Å². The summed E-state index contributed by atoms with van der Waals surface area (Å²) in [5.74, 6) is -1.49. The van der Waals surface area contributed by atoms with Crippen molar-refractivity contribution < 1.29 is 27.5 Å². The van der Waals surface area contributed by atoms with Crippen LogP contribution in [0.25, 0.3) is 10.9 Å². The maximum absolute atomic E-state index is 13.7. The highest BCUT2D eigenvalue weighted by molar-refractivity contribution is 5.94. The molecule has 1 heterocycles. The first kappa shape index (κ1) is 19.3. The Balaban J connectivity index is 1.75. The summed E-state index contributed by atoms with van der Waals surface area (Å²) in [6, 6.07) is 8.34. The first-order valence-corrected chi connectivity index (χ1v) is 7.91. The molecule has 3 aromatic rings. The van der Waals surface area contributed by atoms with E-state index in [1.807, 2.05) is 0 Å². The van der Waals surface area contributed by atoms with Crippen LogP contribution in [0.2, 0.25) is 0 Å². The van der Waals surface area contributed by atoms with Gasteiger partial charge in [0.15, 0.2) is 6.10 Å². The van der Waals surface area contributed by atoms with Gasteiger partial charge in [0, 0.05) is 11.9 Å². The van der Waals surface area contributed by atoms with Crippen LogP contribution in [0, 0.1) is 17.1 Å². The second-order valence-electron chi connectivity index (χ2n) is 5.90. The molecule has 2 N–H and O–H groups in total. The topological polar surface area (TPSA) is 90.9 Å².